The maximum absolute atomic E-state index is 13.4. The van der Waals surface area contributed by atoms with Crippen molar-refractivity contribution in [3.8, 4) is 0 Å². The third-order valence-electron chi connectivity index (χ3n) is 2.63. The van der Waals surface area contributed by atoms with Crippen LogP contribution in [0.25, 0.3) is 0 Å². The Bertz CT molecular complexity index is 669. The molecule has 0 saturated carbocycles. The van der Waals surface area contributed by atoms with Crippen molar-refractivity contribution in [2.45, 2.75) is 4.90 Å². The fourth-order valence-corrected chi connectivity index (χ4v) is 2.70. The van der Waals surface area contributed by atoms with Crippen molar-refractivity contribution in [1.29, 1.82) is 0 Å². The van der Waals surface area contributed by atoms with Gasteiger partial charge in [0, 0.05) is 12.1 Å². The zero-order valence-electron chi connectivity index (χ0n) is 10.4. The molecule has 0 aliphatic carbocycles. The first-order chi connectivity index (χ1) is 9.88. The van der Waals surface area contributed by atoms with E-state index < -0.39 is 51.2 Å². The lowest BCUT2D eigenvalue weighted by Crippen LogP contribution is -2.14. The first kappa shape index (κ1) is 15.4. The third-order valence-corrected chi connectivity index (χ3v) is 3.98. The van der Waals surface area contributed by atoms with Crippen LogP contribution in [-0.2, 0) is 10.8 Å². The van der Waals surface area contributed by atoms with Crippen molar-refractivity contribution in [1.82, 2.24) is 0 Å². The SMILES string of the molecule is O=C(CS(=O)c1ccc(F)cc1F)c1ccc(F)cc1F. The second kappa shape index (κ2) is 6.17. The zero-order chi connectivity index (χ0) is 15.6. The number of carbonyl (C=O) groups excluding carboxylic acids is 1. The minimum atomic E-state index is -2.10. The lowest BCUT2D eigenvalue weighted by Gasteiger charge is -2.05. The molecule has 0 radical (unpaired) electrons. The van der Waals surface area contributed by atoms with E-state index in [4.69, 9.17) is 0 Å². The summed E-state index contributed by atoms with van der Waals surface area (Å²) < 4.78 is 64.2. The fraction of sp³-hybridized carbons (Fsp3) is 0.0714. The van der Waals surface area contributed by atoms with Gasteiger partial charge in [-0.1, -0.05) is 0 Å². The Hall–Kier alpha value is -2.02. The van der Waals surface area contributed by atoms with Gasteiger partial charge in [-0.15, -0.1) is 0 Å². The molecule has 2 aromatic rings. The summed E-state index contributed by atoms with van der Waals surface area (Å²) >= 11 is 0. The van der Waals surface area contributed by atoms with E-state index in [0.717, 1.165) is 24.3 Å². The molecule has 0 fully saturated rings. The van der Waals surface area contributed by atoms with E-state index in [2.05, 4.69) is 0 Å². The van der Waals surface area contributed by atoms with Crippen LogP contribution in [-0.4, -0.2) is 15.7 Å². The highest BCUT2D eigenvalue weighted by Gasteiger charge is 2.18. The van der Waals surface area contributed by atoms with Gasteiger partial charge in [0.25, 0.3) is 0 Å². The summed E-state index contributed by atoms with van der Waals surface area (Å²) in [5.74, 6) is -5.39. The van der Waals surface area contributed by atoms with E-state index >= 15 is 0 Å². The number of hydrogen-bond donors (Lipinski definition) is 0. The van der Waals surface area contributed by atoms with Gasteiger partial charge in [0.2, 0.25) is 0 Å². The standard InChI is InChI=1S/C14H8F4O2S/c15-8-1-3-10(11(17)5-8)13(19)7-21(20)14-4-2-9(16)6-12(14)18/h1-6H,7H2. The van der Waals surface area contributed by atoms with Crippen molar-refractivity contribution in [3.05, 3.63) is 65.2 Å². The maximum atomic E-state index is 13.4. The van der Waals surface area contributed by atoms with Gasteiger partial charge in [0.15, 0.2) is 5.78 Å². The molecular formula is C14H8F4O2S. The van der Waals surface area contributed by atoms with Crippen LogP contribution < -0.4 is 0 Å². The normalized spacial score (nSPS) is 12.2. The highest BCUT2D eigenvalue weighted by atomic mass is 32.2. The third kappa shape index (κ3) is 3.55. The number of halogens is 4. The quantitative estimate of drug-likeness (QED) is 0.641. The molecule has 2 aromatic carbocycles. The molecule has 0 spiro atoms. The van der Waals surface area contributed by atoms with Crippen molar-refractivity contribution in [2.75, 3.05) is 5.75 Å². The molecule has 7 heteroatoms. The Balaban J connectivity index is 2.21. The number of ketones is 1. The Morgan fingerprint density at radius 1 is 0.905 bits per heavy atom. The first-order valence-corrected chi connectivity index (χ1v) is 7.02. The van der Waals surface area contributed by atoms with Crippen LogP contribution in [0.1, 0.15) is 10.4 Å². The van der Waals surface area contributed by atoms with Gasteiger partial charge in [-0.3, -0.25) is 9.00 Å². The van der Waals surface area contributed by atoms with Crippen LogP contribution in [0.3, 0.4) is 0 Å². The monoisotopic (exact) mass is 316 g/mol. The van der Waals surface area contributed by atoms with Gasteiger partial charge in [-0.05, 0) is 24.3 Å². The molecule has 0 N–H and O–H groups in total. The van der Waals surface area contributed by atoms with Crippen LogP contribution in [0.4, 0.5) is 17.6 Å². The summed E-state index contributed by atoms with van der Waals surface area (Å²) in [6, 6.07) is 4.72. The Labute approximate surface area is 119 Å². The minimum Gasteiger partial charge on any atom is -0.293 e. The summed E-state index contributed by atoms with van der Waals surface area (Å²) in [6.07, 6.45) is 0. The molecule has 0 amide bonds. The lowest BCUT2D eigenvalue weighted by molar-refractivity contribution is 0.101. The predicted molar refractivity (Wildman–Crippen MR) is 68.3 cm³/mol. The van der Waals surface area contributed by atoms with E-state index in [1.54, 1.807) is 0 Å². The van der Waals surface area contributed by atoms with Gasteiger partial charge in [-0.25, -0.2) is 17.6 Å². The van der Waals surface area contributed by atoms with Crippen LogP contribution in [0.5, 0.6) is 0 Å². The smallest absolute Gasteiger partial charge is 0.178 e. The average Bonchev–Trinajstić information content (AvgIpc) is 2.37. The molecular weight excluding hydrogens is 308 g/mol. The largest absolute Gasteiger partial charge is 0.293 e. The van der Waals surface area contributed by atoms with E-state index in [0.29, 0.717) is 12.1 Å². The second-order valence-corrected chi connectivity index (χ2v) is 5.53. The maximum Gasteiger partial charge on any atom is 0.178 e. The Morgan fingerprint density at radius 2 is 1.48 bits per heavy atom. The van der Waals surface area contributed by atoms with Crippen LogP contribution in [0.2, 0.25) is 0 Å². The summed E-state index contributed by atoms with van der Waals surface area (Å²) in [4.78, 5) is 11.4. The van der Waals surface area contributed by atoms with Gasteiger partial charge in [-0.2, -0.15) is 0 Å². The number of hydrogen-bond acceptors (Lipinski definition) is 2. The van der Waals surface area contributed by atoms with E-state index in [1.165, 1.54) is 0 Å². The molecule has 0 saturated heterocycles. The van der Waals surface area contributed by atoms with Crippen molar-refractivity contribution in [3.63, 3.8) is 0 Å². The summed E-state index contributed by atoms with van der Waals surface area (Å²) in [5.41, 5.74) is -0.438. The van der Waals surface area contributed by atoms with Crippen LogP contribution in [0, 0.1) is 23.3 Å². The van der Waals surface area contributed by atoms with Gasteiger partial charge in [0.05, 0.1) is 27.0 Å². The summed E-state index contributed by atoms with van der Waals surface area (Å²) in [7, 11) is -2.10. The first-order valence-electron chi connectivity index (χ1n) is 5.70. The Morgan fingerprint density at radius 3 is 2.05 bits per heavy atom. The number of carbonyl (C=O) groups is 1. The fourth-order valence-electron chi connectivity index (χ4n) is 1.65. The summed E-state index contributed by atoms with van der Waals surface area (Å²) in [6.45, 7) is 0. The van der Waals surface area contributed by atoms with E-state index in [1.807, 2.05) is 0 Å². The predicted octanol–water partition coefficient (Wildman–Crippen LogP) is 3.23. The second-order valence-electron chi connectivity index (χ2n) is 4.11. The molecule has 0 bridgehead atoms. The zero-order valence-corrected chi connectivity index (χ0v) is 11.2. The molecule has 21 heavy (non-hydrogen) atoms. The molecule has 110 valence electrons. The highest BCUT2D eigenvalue weighted by Crippen LogP contribution is 2.16. The van der Waals surface area contributed by atoms with Crippen LogP contribution >= 0.6 is 0 Å². The molecule has 1 unspecified atom stereocenters. The number of rotatable bonds is 4. The van der Waals surface area contributed by atoms with Crippen molar-refractivity contribution in [2.24, 2.45) is 0 Å². The summed E-state index contributed by atoms with van der Waals surface area (Å²) in [5, 5.41) is 0. The number of Topliss-reactive ketones (excluding diaryl/α,β-unsaturated/α-hetero) is 1. The average molecular weight is 316 g/mol. The van der Waals surface area contributed by atoms with Crippen LogP contribution in [0.15, 0.2) is 41.3 Å². The number of benzene rings is 2. The van der Waals surface area contributed by atoms with Crippen molar-refractivity contribution >= 4 is 16.6 Å². The van der Waals surface area contributed by atoms with Gasteiger partial charge >= 0.3 is 0 Å². The Kier molecular flexibility index (Phi) is 4.52. The molecule has 0 aromatic heterocycles. The molecule has 2 nitrogen and oxygen atoms in total. The van der Waals surface area contributed by atoms with Crippen molar-refractivity contribution < 1.29 is 26.6 Å². The molecule has 0 aliphatic heterocycles. The topological polar surface area (TPSA) is 34.1 Å². The molecule has 0 aliphatic rings. The highest BCUT2D eigenvalue weighted by molar-refractivity contribution is 7.85. The van der Waals surface area contributed by atoms with E-state index in [-0.39, 0.29) is 4.90 Å². The lowest BCUT2D eigenvalue weighted by atomic mass is 10.1. The van der Waals surface area contributed by atoms with Gasteiger partial charge < -0.3 is 0 Å². The molecule has 1 atom stereocenters. The molecule has 2 rings (SSSR count). The minimum absolute atomic E-state index is 0.354. The van der Waals surface area contributed by atoms with E-state index in [9.17, 15) is 26.6 Å². The molecule has 0 heterocycles. The van der Waals surface area contributed by atoms with Gasteiger partial charge in [0.1, 0.15) is 23.3 Å².